The van der Waals surface area contributed by atoms with E-state index in [4.69, 9.17) is 11.6 Å². The minimum absolute atomic E-state index is 0.181. The van der Waals surface area contributed by atoms with E-state index in [0.29, 0.717) is 5.69 Å². The highest BCUT2D eigenvalue weighted by Gasteiger charge is 2.19. The minimum atomic E-state index is -0.691. The Morgan fingerprint density at radius 1 is 1.45 bits per heavy atom. The molecular weight excluding hydrogens is 285 g/mol. The summed E-state index contributed by atoms with van der Waals surface area (Å²) in [5.74, 6) is -1.69. The van der Waals surface area contributed by atoms with Crippen LogP contribution >= 0.6 is 11.6 Å². The van der Waals surface area contributed by atoms with E-state index in [2.05, 4.69) is 9.97 Å². The lowest BCUT2D eigenvalue weighted by Crippen LogP contribution is -2.26. The lowest BCUT2D eigenvalue weighted by Gasteiger charge is -2.17. The molecule has 1 N–H and O–H groups in total. The van der Waals surface area contributed by atoms with Gasteiger partial charge in [-0.1, -0.05) is 11.6 Å². The molecule has 0 aliphatic heterocycles. The van der Waals surface area contributed by atoms with E-state index in [0.717, 1.165) is 12.1 Å². The third kappa shape index (κ3) is 3.03. The second-order valence-corrected chi connectivity index (χ2v) is 4.55. The summed E-state index contributed by atoms with van der Waals surface area (Å²) in [4.78, 5) is 21.4. The van der Waals surface area contributed by atoms with Gasteiger partial charge in [-0.3, -0.25) is 14.8 Å². The van der Waals surface area contributed by atoms with Crippen molar-refractivity contribution < 1.29 is 14.3 Å². The molecule has 0 radical (unpaired) electrons. The normalized spacial score (nSPS) is 10.3. The number of aromatic hydroxyl groups is 1. The third-order valence-electron chi connectivity index (χ3n) is 2.62. The summed E-state index contributed by atoms with van der Waals surface area (Å²) >= 11 is 5.64. The number of carbonyl (C=O) groups is 1. The molecule has 0 unspecified atom stereocenters. The average Bonchev–Trinajstić information content (AvgIpc) is 2.43. The van der Waals surface area contributed by atoms with Crippen LogP contribution in [0.2, 0.25) is 5.02 Å². The fourth-order valence-electron chi connectivity index (χ4n) is 1.66. The zero-order valence-electron chi connectivity index (χ0n) is 10.5. The summed E-state index contributed by atoms with van der Waals surface area (Å²) in [5, 5.41) is 9.53. The van der Waals surface area contributed by atoms with Crippen LogP contribution in [0.3, 0.4) is 0 Å². The zero-order valence-corrected chi connectivity index (χ0v) is 11.3. The van der Waals surface area contributed by atoms with E-state index in [9.17, 15) is 14.3 Å². The number of benzene rings is 1. The predicted octanol–water partition coefficient (Wildman–Crippen LogP) is 2.25. The van der Waals surface area contributed by atoms with Crippen molar-refractivity contribution in [1.29, 1.82) is 0 Å². The van der Waals surface area contributed by atoms with Gasteiger partial charge in [0.2, 0.25) is 0 Å². The molecule has 1 heterocycles. The maximum atomic E-state index is 13.3. The number of rotatable bonds is 3. The molecule has 104 valence electrons. The predicted molar refractivity (Wildman–Crippen MR) is 70.9 cm³/mol. The first-order valence-corrected chi connectivity index (χ1v) is 6.05. The summed E-state index contributed by atoms with van der Waals surface area (Å²) < 4.78 is 13.3. The average molecular weight is 296 g/mol. The molecule has 7 heteroatoms. The first-order chi connectivity index (χ1) is 9.49. The van der Waals surface area contributed by atoms with Crippen molar-refractivity contribution in [3.8, 4) is 5.75 Å². The van der Waals surface area contributed by atoms with E-state index in [-0.39, 0.29) is 17.1 Å². The van der Waals surface area contributed by atoms with Gasteiger partial charge in [0.1, 0.15) is 11.6 Å². The molecular formula is C13H11ClFN3O2. The van der Waals surface area contributed by atoms with E-state index < -0.39 is 17.5 Å². The highest BCUT2D eigenvalue weighted by Crippen LogP contribution is 2.29. The Hall–Kier alpha value is -2.21. The topological polar surface area (TPSA) is 66.3 Å². The van der Waals surface area contributed by atoms with E-state index >= 15 is 0 Å². The van der Waals surface area contributed by atoms with Gasteiger partial charge in [0.25, 0.3) is 5.91 Å². The van der Waals surface area contributed by atoms with Gasteiger partial charge in [0.05, 0.1) is 29.0 Å². The number of carbonyl (C=O) groups excluding carboxylic acids is 1. The number of hydrogen-bond acceptors (Lipinski definition) is 4. The van der Waals surface area contributed by atoms with Crippen LogP contribution in [0.5, 0.6) is 5.75 Å². The van der Waals surface area contributed by atoms with Gasteiger partial charge in [0.15, 0.2) is 0 Å². The van der Waals surface area contributed by atoms with Crippen LogP contribution in [-0.4, -0.2) is 32.9 Å². The molecule has 2 rings (SSSR count). The number of hydrogen-bond donors (Lipinski definition) is 1. The summed E-state index contributed by atoms with van der Waals surface area (Å²) in [6.07, 6.45) is 4.54. The van der Waals surface area contributed by atoms with Gasteiger partial charge in [-0.15, -0.1) is 0 Å². The Morgan fingerprint density at radius 2 is 2.20 bits per heavy atom. The molecule has 0 bridgehead atoms. The van der Waals surface area contributed by atoms with Crippen LogP contribution in [0, 0.1) is 5.82 Å². The Balaban J connectivity index is 2.23. The van der Waals surface area contributed by atoms with Gasteiger partial charge >= 0.3 is 0 Å². The van der Waals surface area contributed by atoms with Gasteiger partial charge in [0, 0.05) is 19.4 Å². The van der Waals surface area contributed by atoms with Crippen molar-refractivity contribution in [2.45, 2.75) is 6.54 Å². The highest BCUT2D eigenvalue weighted by atomic mass is 35.5. The number of phenolic OH excluding ortho intramolecular Hbond substituents is 1. The van der Waals surface area contributed by atoms with E-state index in [1.807, 2.05) is 0 Å². The first-order valence-electron chi connectivity index (χ1n) is 5.67. The molecule has 5 nitrogen and oxygen atoms in total. The van der Waals surface area contributed by atoms with Crippen LogP contribution in [0.15, 0.2) is 30.7 Å². The number of aromatic nitrogens is 2. The molecule has 0 saturated carbocycles. The monoisotopic (exact) mass is 295 g/mol. The van der Waals surface area contributed by atoms with E-state index in [1.54, 1.807) is 0 Å². The Morgan fingerprint density at radius 3 is 2.85 bits per heavy atom. The SMILES string of the molecule is CN(Cc1cnccn1)C(=O)c1cc(F)cc(Cl)c1O. The number of halogens is 2. The zero-order chi connectivity index (χ0) is 14.7. The summed E-state index contributed by atoms with van der Waals surface area (Å²) in [7, 11) is 1.51. The molecule has 1 amide bonds. The van der Waals surface area contributed by atoms with Crippen LogP contribution in [0.25, 0.3) is 0 Å². The van der Waals surface area contributed by atoms with Crippen molar-refractivity contribution in [3.63, 3.8) is 0 Å². The van der Waals surface area contributed by atoms with Crippen molar-refractivity contribution in [3.05, 3.63) is 52.8 Å². The third-order valence-corrected chi connectivity index (χ3v) is 2.91. The maximum absolute atomic E-state index is 13.3. The standard InChI is InChI=1S/C13H11ClFN3O2/c1-18(7-9-6-16-2-3-17-9)13(20)10-4-8(15)5-11(14)12(10)19/h2-6,19H,7H2,1H3. The molecule has 20 heavy (non-hydrogen) atoms. The molecule has 0 fully saturated rings. The van der Waals surface area contributed by atoms with Gasteiger partial charge in [-0.2, -0.15) is 0 Å². The molecule has 0 saturated heterocycles. The second-order valence-electron chi connectivity index (χ2n) is 4.14. The van der Waals surface area contributed by atoms with Crippen molar-refractivity contribution >= 4 is 17.5 Å². The summed E-state index contributed by atoms with van der Waals surface area (Å²) in [6.45, 7) is 0.181. The Kier molecular flexibility index (Phi) is 4.14. The number of amides is 1. The maximum Gasteiger partial charge on any atom is 0.257 e. The Labute approximate surface area is 119 Å². The largest absolute Gasteiger partial charge is 0.506 e. The molecule has 1 aromatic heterocycles. The minimum Gasteiger partial charge on any atom is -0.506 e. The van der Waals surface area contributed by atoms with Crippen LogP contribution < -0.4 is 0 Å². The molecule has 0 aliphatic rings. The molecule has 0 aliphatic carbocycles. The smallest absolute Gasteiger partial charge is 0.257 e. The summed E-state index contributed by atoms with van der Waals surface area (Å²) in [6, 6.07) is 1.88. The van der Waals surface area contributed by atoms with Crippen molar-refractivity contribution in [1.82, 2.24) is 14.9 Å². The van der Waals surface area contributed by atoms with Crippen molar-refractivity contribution in [2.24, 2.45) is 0 Å². The second kappa shape index (κ2) is 5.83. The fraction of sp³-hybridized carbons (Fsp3) is 0.154. The highest BCUT2D eigenvalue weighted by molar-refractivity contribution is 6.32. The Bertz CT molecular complexity index is 637. The van der Waals surface area contributed by atoms with Crippen molar-refractivity contribution in [2.75, 3.05) is 7.05 Å². The quantitative estimate of drug-likeness (QED) is 0.943. The molecule has 0 spiro atoms. The fourth-order valence-corrected chi connectivity index (χ4v) is 1.87. The molecule has 2 aromatic rings. The molecule has 0 atom stereocenters. The van der Waals surface area contributed by atoms with Crippen LogP contribution in [-0.2, 0) is 6.54 Å². The van der Waals surface area contributed by atoms with E-state index in [1.165, 1.54) is 30.5 Å². The first kappa shape index (κ1) is 14.2. The summed E-state index contributed by atoms with van der Waals surface area (Å²) in [5.41, 5.74) is 0.381. The number of phenols is 1. The lowest BCUT2D eigenvalue weighted by molar-refractivity contribution is 0.0779. The van der Waals surface area contributed by atoms with Crippen LogP contribution in [0.4, 0.5) is 4.39 Å². The lowest BCUT2D eigenvalue weighted by atomic mass is 10.1. The van der Waals surface area contributed by atoms with Crippen LogP contribution in [0.1, 0.15) is 16.1 Å². The van der Waals surface area contributed by atoms with Gasteiger partial charge in [-0.05, 0) is 12.1 Å². The number of nitrogens with zero attached hydrogens (tertiary/aromatic N) is 3. The van der Waals surface area contributed by atoms with Gasteiger partial charge in [-0.25, -0.2) is 4.39 Å². The van der Waals surface area contributed by atoms with Gasteiger partial charge < -0.3 is 10.0 Å². The molecule has 1 aromatic carbocycles.